The number of rotatable bonds is 6. The molecule has 0 unspecified atom stereocenters. The lowest BCUT2D eigenvalue weighted by Gasteiger charge is -2.23. The van der Waals surface area contributed by atoms with E-state index in [9.17, 15) is 9.59 Å². The number of nitrogens with one attached hydrogen (secondary N) is 2. The molecule has 142 valence electrons. The molecule has 1 aromatic carbocycles. The quantitative estimate of drug-likeness (QED) is 0.732. The van der Waals surface area contributed by atoms with Crippen molar-refractivity contribution in [1.29, 1.82) is 0 Å². The van der Waals surface area contributed by atoms with E-state index in [4.69, 9.17) is 9.47 Å². The average Bonchev–Trinajstić information content (AvgIpc) is 3.16. The first-order chi connectivity index (χ1) is 12.6. The minimum atomic E-state index is -0.777. The predicted molar refractivity (Wildman–Crippen MR) is 96.9 cm³/mol. The monoisotopic (exact) mass is 361 g/mol. The zero-order valence-electron chi connectivity index (χ0n) is 15.5. The number of amides is 1. The van der Waals surface area contributed by atoms with Crippen LogP contribution < -0.4 is 10.2 Å². The molecule has 1 heterocycles. The van der Waals surface area contributed by atoms with E-state index < -0.39 is 12.1 Å². The third-order valence-electron chi connectivity index (χ3n) is 5.20. The maximum absolute atomic E-state index is 12.3. The zero-order valence-corrected chi connectivity index (χ0v) is 15.5. The van der Waals surface area contributed by atoms with E-state index in [1.165, 1.54) is 10.5 Å². The smallest absolute Gasteiger partial charge is 0.338 e. The molecule has 1 saturated carbocycles. The lowest BCUT2D eigenvalue weighted by molar-refractivity contribution is -0.921. The molecule has 1 aliphatic carbocycles. The van der Waals surface area contributed by atoms with Crippen LogP contribution in [0.15, 0.2) is 24.3 Å². The molecule has 1 aromatic rings. The van der Waals surface area contributed by atoms with Crippen molar-refractivity contribution in [1.82, 2.24) is 5.32 Å². The normalized spacial score (nSPS) is 19.9. The van der Waals surface area contributed by atoms with E-state index in [0.29, 0.717) is 5.56 Å². The summed E-state index contributed by atoms with van der Waals surface area (Å²) in [5.41, 5.74) is 1.66. The Morgan fingerprint density at radius 2 is 1.85 bits per heavy atom. The summed E-state index contributed by atoms with van der Waals surface area (Å²) in [7, 11) is 0. The second-order valence-corrected chi connectivity index (χ2v) is 7.27. The molecule has 2 aliphatic rings. The van der Waals surface area contributed by atoms with Gasteiger partial charge in [0.1, 0.15) is 19.6 Å². The van der Waals surface area contributed by atoms with Crippen molar-refractivity contribution in [2.45, 2.75) is 51.3 Å². The van der Waals surface area contributed by atoms with Crippen LogP contribution in [0.3, 0.4) is 0 Å². The Balaban J connectivity index is 1.48. The van der Waals surface area contributed by atoms with Crippen LogP contribution in [-0.2, 0) is 20.8 Å². The summed E-state index contributed by atoms with van der Waals surface area (Å²) in [5.74, 6) is -0.665. The Morgan fingerprint density at radius 1 is 1.19 bits per heavy atom. The van der Waals surface area contributed by atoms with Gasteiger partial charge in [0, 0.05) is 11.6 Å². The fraction of sp³-hybridized carbons (Fsp3) is 0.600. The van der Waals surface area contributed by atoms with Gasteiger partial charge in [-0.2, -0.15) is 0 Å². The molecule has 6 nitrogen and oxygen atoms in total. The van der Waals surface area contributed by atoms with Crippen molar-refractivity contribution >= 4 is 11.9 Å². The van der Waals surface area contributed by atoms with E-state index in [1.54, 1.807) is 19.1 Å². The minimum absolute atomic E-state index is 0.210. The van der Waals surface area contributed by atoms with Crippen LogP contribution in [0.4, 0.5) is 0 Å². The molecule has 2 N–H and O–H groups in total. The highest BCUT2D eigenvalue weighted by Crippen LogP contribution is 2.18. The number of carbonyl (C=O) groups is 2. The Labute approximate surface area is 154 Å². The number of morpholine rings is 1. The van der Waals surface area contributed by atoms with Gasteiger partial charge < -0.3 is 19.7 Å². The molecule has 1 amide bonds. The van der Waals surface area contributed by atoms with Gasteiger partial charge in [0.05, 0.1) is 18.8 Å². The third-order valence-corrected chi connectivity index (χ3v) is 5.20. The van der Waals surface area contributed by atoms with Crippen LogP contribution in [-0.4, -0.2) is 50.3 Å². The molecule has 0 aromatic heterocycles. The summed E-state index contributed by atoms with van der Waals surface area (Å²) >= 11 is 0. The fourth-order valence-electron chi connectivity index (χ4n) is 3.56. The molecule has 3 rings (SSSR count). The summed E-state index contributed by atoms with van der Waals surface area (Å²) in [6.45, 7) is 6.19. The van der Waals surface area contributed by atoms with Gasteiger partial charge in [-0.25, -0.2) is 4.79 Å². The first-order valence-corrected chi connectivity index (χ1v) is 9.63. The van der Waals surface area contributed by atoms with Gasteiger partial charge >= 0.3 is 5.97 Å². The predicted octanol–water partition coefficient (Wildman–Crippen LogP) is 0.706. The number of esters is 1. The second kappa shape index (κ2) is 9.14. The molecule has 6 heteroatoms. The largest absolute Gasteiger partial charge is 0.449 e. The molecule has 1 atom stereocenters. The maximum Gasteiger partial charge on any atom is 0.338 e. The topological polar surface area (TPSA) is 69.1 Å². The summed E-state index contributed by atoms with van der Waals surface area (Å²) in [5, 5.41) is 2.96. The molecule has 26 heavy (non-hydrogen) atoms. The molecule has 0 bridgehead atoms. The number of ether oxygens (including phenoxy) is 2. The van der Waals surface area contributed by atoms with Crippen molar-refractivity contribution in [3.63, 3.8) is 0 Å². The summed E-state index contributed by atoms with van der Waals surface area (Å²) in [6, 6.07) is 7.70. The van der Waals surface area contributed by atoms with E-state index in [2.05, 4.69) is 5.32 Å². The van der Waals surface area contributed by atoms with Crippen molar-refractivity contribution in [2.75, 3.05) is 26.3 Å². The number of quaternary nitrogens is 1. The summed E-state index contributed by atoms with van der Waals surface area (Å²) in [6.07, 6.45) is 3.55. The number of hydrogen-bond donors (Lipinski definition) is 2. The highest BCUT2D eigenvalue weighted by atomic mass is 16.5. The number of hydrogen-bond acceptors (Lipinski definition) is 4. The first-order valence-electron chi connectivity index (χ1n) is 9.63. The van der Waals surface area contributed by atoms with Gasteiger partial charge in [-0.3, -0.25) is 4.79 Å². The highest BCUT2D eigenvalue weighted by molar-refractivity contribution is 5.92. The van der Waals surface area contributed by atoms with Gasteiger partial charge in [0.15, 0.2) is 6.10 Å². The van der Waals surface area contributed by atoms with Crippen molar-refractivity contribution in [2.24, 2.45) is 0 Å². The zero-order chi connectivity index (χ0) is 18.4. The standard InChI is InChI=1S/C20H28N2O4/c1-15(19(23)21-18-4-2-3-5-18)26-20(24)17-8-6-16(7-9-17)14-22-10-12-25-13-11-22/h6-9,15,18H,2-5,10-14H2,1H3,(H,21,23)/p+1/t15-/m1/s1. The molecule has 1 saturated heterocycles. The van der Waals surface area contributed by atoms with Gasteiger partial charge in [-0.05, 0) is 31.9 Å². The van der Waals surface area contributed by atoms with E-state index >= 15 is 0 Å². The molecule has 1 aliphatic heterocycles. The first kappa shape index (κ1) is 18.9. The van der Waals surface area contributed by atoms with Gasteiger partial charge in [0.25, 0.3) is 5.91 Å². The average molecular weight is 361 g/mol. The SMILES string of the molecule is C[C@@H](OC(=O)c1ccc(C[NH+]2CCOCC2)cc1)C(=O)NC1CCCC1. The van der Waals surface area contributed by atoms with E-state index in [-0.39, 0.29) is 11.9 Å². The lowest BCUT2D eigenvalue weighted by atomic mass is 10.1. The van der Waals surface area contributed by atoms with Crippen molar-refractivity contribution in [3.05, 3.63) is 35.4 Å². The number of carbonyl (C=O) groups excluding carboxylic acids is 2. The van der Waals surface area contributed by atoms with Gasteiger partial charge in [-0.1, -0.05) is 25.0 Å². The second-order valence-electron chi connectivity index (χ2n) is 7.27. The Bertz CT molecular complexity index is 605. The van der Waals surface area contributed by atoms with Crippen LogP contribution in [0.5, 0.6) is 0 Å². The molecule has 0 radical (unpaired) electrons. The Hall–Kier alpha value is -1.92. The van der Waals surface area contributed by atoms with Crippen LogP contribution in [0.2, 0.25) is 0 Å². The molecule has 2 fully saturated rings. The van der Waals surface area contributed by atoms with E-state index in [1.807, 2.05) is 12.1 Å². The molecular weight excluding hydrogens is 332 g/mol. The van der Waals surface area contributed by atoms with Crippen LogP contribution in [0.1, 0.15) is 48.5 Å². The molecule has 0 spiro atoms. The molecular formula is C20H29N2O4+. The van der Waals surface area contributed by atoms with Gasteiger partial charge in [0.2, 0.25) is 0 Å². The summed E-state index contributed by atoms with van der Waals surface area (Å²) < 4.78 is 10.7. The van der Waals surface area contributed by atoms with Crippen LogP contribution in [0.25, 0.3) is 0 Å². The third kappa shape index (κ3) is 5.29. The fourth-order valence-corrected chi connectivity index (χ4v) is 3.56. The van der Waals surface area contributed by atoms with Crippen molar-refractivity contribution in [3.8, 4) is 0 Å². The Kier molecular flexibility index (Phi) is 6.63. The summed E-state index contributed by atoms with van der Waals surface area (Å²) in [4.78, 5) is 25.9. The Morgan fingerprint density at radius 3 is 2.50 bits per heavy atom. The maximum atomic E-state index is 12.3. The lowest BCUT2D eigenvalue weighted by Crippen LogP contribution is -3.12. The highest BCUT2D eigenvalue weighted by Gasteiger charge is 2.23. The van der Waals surface area contributed by atoms with E-state index in [0.717, 1.165) is 58.5 Å². The minimum Gasteiger partial charge on any atom is -0.449 e. The van der Waals surface area contributed by atoms with Gasteiger partial charge in [-0.15, -0.1) is 0 Å². The van der Waals surface area contributed by atoms with Crippen LogP contribution in [0, 0.1) is 0 Å². The van der Waals surface area contributed by atoms with Crippen LogP contribution >= 0.6 is 0 Å². The number of benzene rings is 1. The van der Waals surface area contributed by atoms with Crippen molar-refractivity contribution < 1.29 is 24.0 Å².